The topological polar surface area (TPSA) is 37.6 Å². The molecule has 0 spiro atoms. The number of hydrogen-bond acceptors (Lipinski definition) is 3. The molecular formula is C23H24FeN3. The van der Waals surface area contributed by atoms with E-state index in [9.17, 15) is 0 Å². The first-order valence-electron chi connectivity index (χ1n) is 8.80. The van der Waals surface area contributed by atoms with Crippen LogP contribution in [0.4, 0.5) is 11.4 Å². The van der Waals surface area contributed by atoms with Gasteiger partial charge in [0.2, 0.25) is 0 Å². The van der Waals surface area contributed by atoms with Crippen molar-refractivity contribution >= 4 is 23.8 Å². The number of aliphatic imine (C=N–C) groups is 2. The number of rotatable bonds is 5. The van der Waals surface area contributed by atoms with E-state index in [2.05, 4.69) is 63.0 Å². The first-order valence-corrected chi connectivity index (χ1v) is 9.58. The van der Waals surface area contributed by atoms with E-state index in [1.165, 1.54) is 16.7 Å². The number of nitrogens with zero attached hydrogens (tertiary/aromatic N) is 3. The summed E-state index contributed by atoms with van der Waals surface area (Å²) in [6, 6.07) is 20.2. The molecule has 27 heavy (non-hydrogen) atoms. The Kier molecular flexibility index (Phi) is 9.19. The molecule has 0 unspecified atom stereocenters. The van der Waals surface area contributed by atoms with Crippen LogP contribution in [-0.2, 0) is 22.4 Å². The summed E-state index contributed by atoms with van der Waals surface area (Å²) in [6.45, 7) is 4.12. The second-order valence-electron chi connectivity index (χ2n) is 5.91. The van der Waals surface area contributed by atoms with Crippen LogP contribution in [0, 0.1) is 13.8 Å². The van der Waals surface area contributed by atoms with E-state index in [4.69, 9.17) is 0 Å². The van der Waals surface area contributed by atoms with Crippen molar-refractivity contribution in [2.24, 2.45) is 9.98 Å². The van der Waals surface area contributed by atoms with Crippen molar-refractivity contribution in [2.75, 3.05) is 0 Å². The third-order valence-corrected chi connectivity index (χ3v) is 4.01. The number of benzene rings is 2. The molecule has 0 amide bonds. The molecule has 0 atom stereocenters. The molecule has 0 bridgehead atoms. The van der Waals surface area contributed by atoms with Gasteiger partial charge in [0.15, 0.2) is 0 Å². The van der Waals surface area contributed by atoms with E-state index < -0.39 is 0 Å². The second-order valence-corrected chi connectivity index (χ2v) is 6.36. The summed E-state index contributed by atoms with van der Waals surface area (Å²) in [5.74, 6) is 0. The Morgan fingerprint density at radius 3 is 1.93 bits per heavy atom. The van der Waals surface area contributed by atoms with Gasteiger partial charge in [-0.15, -0.1) is 0 Å². The Hall–Kier alpha value is -2.55. The van der Waals surface area contributed by atoms with Gasteiger partial charge in [0.05, 0.1) is 5.69 Å². The zero-order valence-corrected chi connectivity index (χ0v) is 16.8. The number of aryl methyl sites for hydroxylation is 2. The monoisotopic (exact) mass is 398 g/mol. The third kappa shape index (κ3) is 7.69. The maximum atomic E-state index is 4.45. The fraction of sp³-hybridized carbons (Fsp3) is 0.174. The Morgan fingerprint density at radius 1 is 0.815 bits per heavy atom. The summed E-state index contributed by atoms with van der Waals surface area (Å²) in [7, 11) is 0. The Balaban J connectivity index is 0.000000208. The summed E-state index contributed by atoms with van der Waals surface area (Å²) in [6.07, 6.45) is 8.22. The average Bonchev–Trinajstić information content (AvgIpc) is 2.70. The summed E-state index contributed by atoms with van der Waals surface area (Å²) < 4.78 is 0. The van der Waals surface area contributed by atoms with Gasteiger partial charge >= 0.3 is 75.0 Å². The Labute approximate surface area is 170 Å². The van der Waals surface area contributed by atoms with Crippen LogP contribution in [0.3, 0.4) is 0 Å². The average molecular weight is 398 g/mol. The Morgan fingerprint density at radius 2 is 1.41 bits per heavy atom. The van der Waals surface area contributed by atoms with E-state index in [1.807, 2.05) is 61.1 Å². The number of para-hydroxylation sites is 2. The zero-order chi connectivity index (χ0) is 19.3. The van der Waals surface area contributed by atoms with Crippen molar-refractivity contribution in [3.63, 3.8) is 0 Å². The molecule has 1 heterocycles. The predicted octanol–water partition coefficient (Wildman–Crippen LogP) is 6.00. The van der Waals surface area contributed by atoms with Crippen LogP contribution in [0.2, 0.25) is 5.32 Å². The van der Waals surface area contributed by atoms with Gasteiger partial charge in [0, 0.05) is 25.0 Å². The van der Waals surface area contributed by atoms with Crippen molar-refractivity contribution in [3.8, 4) is 0 Å². The fourth-order valence-corrected chi connectivity index (χ4v) is 2.42. The summed E-state index contributed by atoms with van der Waals surface area (Å²) in [4.78, 5) is 12.8. The van der Waals surface area contributed by atoms with Crippen molar-refractivity contribution < 1.29 is 16.0 Å². The van der Waals surface area contributed by atoms with Gasteiger partial charge in [0.1, 0.15) is 0 Å². The standard InChI is InChI=1S/C14H14N2.C9H10N.Fe/c1-12-5-2-3-7-14(12)16-10-8-13-6-4-9-15-11-13;1-3-10-9-7-5-4-6-8(9)2;/h2-7,9-11H,8H2,1H3;3-7H,1H2,2H3;. The molecule has 0 aliphatic rings. The van der Waals surface area contributed by atoms with Gasteiger partial charge in [0.25, 0.3) is 0 Å². The molecule has 1 aromatic heterocycles. The van der Waals surface area contributed by atoms with Crippen LogP contribution in [-0.4, -0.2) is 17.4 Å². The van der Waals surface area contributed by atoms with E-state index >= 15 is 0 Å². The maximum absolute atomic E-state index is 4.45. The number of hydrogen-bond donors (Lipinski definition) is 0. The fourth-order valence-electron chi connectivity index (χ4n) is 2.32. The molecule has 0 aliphatic heterocycles. The minimum atomic E-state index is 0.744. The van der Waals surface area contributed by atoms with E-state index in [0.29, 0.717) is 0 Å². The van der Waals surface area contributed by atoms with Gasteiger partial charge in [-0.1, -0.05) is 24.3 Å². The molecule has 2 aromatic carbocycles. The van der Waals surface area contributed by atoms with Crippen molar-refractivity contribution in [1.82, 2.24) is 4.98 Å². The number of pyridine rings is 1. The minimum absolute atomic E-state index is 0.744. The Bertz CT molecular complexity index is 874. The summed E-state index contributed by atoms with van der Waals surface area (Å²) in [5.41, 5.74) is 5.66. The van der Waals surface area contributed by atoms with Crippen LogP contribution in [0.15, 0.2) is 83.0 Å². The van der Waals surface area contributed by atoms with Crippen molar-refractivity contribution in [1.29, 1.82) is 0 Å². The van der Waals surface area contributed by atoms with Crippen LogP contribution >= 0.6 is 0 Å². The molecule has 0 radical (unpaired) electrons. The zero-order valence-electron chi connectivity index (χ0n) is 15.7. The molecule has 0 saturated heterocycles. The van der Waals surface area contributed by atoms with Gasteiger partial charge in [-0.25, -0.2) is 0 Å². The van der Waals surface area contributed by atoms with Crippen LogP contribution < -0.4 is 0 Å². The SMILES string of the molecule is Cc1ccccc1N=CCc1cccnc1.Cc1ccccc1N=C[CH2][Fe]. The summed E-state index contributed by atoms with van der Waals surface area (Å²) in [5, 5.41) is 0.744. The van der Waals surface area contributed by atoms with Crippen LogP contribution in [0.1, 0.15) is 16.7 Å². The number of aromatic nitrogens is 1. The van der Waals surface area contributed by atoms with Gasteiger partial charge in [-0.3, -0.25) is 9.98 Å². The van der Waals surface area contributed by atoms with Gasteiger partial charge < -0.3 is 0 Å². The molecule has 3 aromatic rings. The first kappa shape index (κ1) is 20.8. The third-order valence-electron chi connectivity index (χ3n) is 3.81. The van der Waals surface area contributed by atoms with Gasteiger partial charge in [-0.2, -0.15) is 0 Å². The normalized spacial score (nSPS) is 10.8. The molecule has 139 valence electrons. The van der Waals surface area contributed by atoms with Gasteiger partial charge in [-0.05, 0) is 30.2 Å². The molecule has 3 rings (SSSR count). The molecule has 0 N–H and O–H groups in total. The van der Waals surface area contributed by atoms with E-state index in [1.54, 1.807) is 6.20 Å². The molecular weight excluding hydrogens is 374 g/mol. The molecule has 0 aliphatic carbocycles. The van der Waals surface area contributed by atoms with Crippen molar-refractivity contribution in [2.45, 2.75) is 25.6 Å². The second kappa shape index (κ2) is 11.9. The molecule has 0 saturated carbocycles. The molecule has 3 nitrogen and oxygen atoms in total. The van der Waals surface area contributed by atoms with Crippen LogP contribution in [0.5, 0.6) is 0 Å². The van der Waals surface area contributed by atoms with Crippen molar-refractivity contribution in [3.05, 3.63) is 89.7 Å². The summed E-state index contributed by atoms with van der Waals surface area (Å²) >= 11 is 3.68. The first-order chi connectivity index (χ1) is 13.2. The molecule has 4 heteroatoms. The van der Waals surface area contributed by atoms with E-state index in [-0.39, 0.29) is 0 Å². The quantitative estimate of drug-likeness (QED) is 0.384. The predicted molar refractivity (Wildman–Crippen MR) is 111 cm³/mol. The molecule has 0 fully saturated rings. The van der Waals surface area contributed by atoms with Crippen LogP contribution in [0.25, 0.3) is 0 Å². The van der Waals surface area contributed by atoms with E-state index in [0.717, 1.165) is 23.1 Å².